The van der Waals surface area contributed by atoms with Gasteiger partial charge in [0.1, 0.15) is 6.61 Å². The van der Waals surface area contributed by atoms with E-state index in [1.165, 1.54) is 0 Å². The van der Waals surface area contributed by atoms with Crippen LogP contribution < -0.4 is 11.1 Å². The number of nitrogens with one attached hydrogen (secondary N) is 1. The van der Waals surface area contributed by atoms with Gasteiger partial charge in [0.2, 0.25) is 0 Å². The standard InChI is InChI=1S/C12H18N2O2.ClH/c1-10(7-8-13)14-12(15)16-9-11-5-3-2-4-6-11;/h2-6,10H,7-9,13H2,1H3,(H,14,15);1H/t10-;/m1./s1. The van der Waals surface area contributed by atoms with Crippen LogP contribution >= 0.6 is 12.4 Å². The molecule has 96 valence electrons. The summed E-state index contributed by atoms with van der Waals surface area (Å²) in [4.78, 5) is 11.3. The van der Waals surface area contributed by atoms with Crippen molar-refractivity contribution in [2.24, 2.45) is 5.73 Å². The monoisotopic (exact) mass is 258 g/mol. The Morgan fingerprint density at radius 1 is 1.41 bits per heavy atom. The molecule has 0 heterocycles. The number of hydrogen-bond donors (Lipinski definition) is 2. The maximum atomic E-state index is 11.3. The Hall–Kier alpha value is -1.26. The first-order valence-electron chi connectivity index (χ1n) is 5.39. The van der Waals surface area contributed by atoms with Crippen molar-refractivity contribution >= 4 is 18.5 Å². The molecule has 0 radical (unpaired) electrons. The van der Waals surface area contributed by atoms with E-state index in [4.69, 9.17) is 10.5 Å². The van der Waals surface area contributed by atoms with Crippen LogP contribution in [0.15, 0.2) is 30.3 Å². The van der Waals surface area contributed by atoms with Gasteiger partial charge >= 0.3 is 6.09 Å². The van der Waals surface area contributed by atoms with Gasteiger partial charge in [0, 0.05) is 6.04 Å². The lowest BCUT2D eigenvalue weighted by Gasteiger charge is -2.12. The maximum Gasteiger partial charge on any atom is 0.407 e. The summed E-state index contributed by atoms with van der Waals surface area (Å²) >= 11 is 0. The van der Waals surface area contributed by atoms with E-state index < -0.39 is 6.09 Å². The molecule has 0 aliphatic carbocycles. The Morgan fingerprint density at radius 3 is 2.65 bits per heavy atom. The number of ether oxygens (including phenoxy) is 1. The minimum atomic E-state index is -0.398. The normalized spacial score (nSPS) is 11.2. The second-order valence-electron chi connectivity index (χ2n) is 3.68. The smallest absolute Gasteiger partial charge is 0.407 e. The van der Waals surface area contributed by atoms with Crippen LogP contribution in [0, 0.1) is 0 Å². The van der Waals surface area contributed by atoms with E-state index in [0.29, 0.717) is 13.2 Å². The van der Waals surface area contributed by atoms with Crippen molar-refractivity contribution in [3.8, 4) is 0 Å². The number of rotatable bonds is 5. The number of hydrogen-bond acceptors (Lipinski definition) is 3. The number of benzene rings is 1. The number of halogens is 1. The highest BCUT2D eigenvalue weighted by atomic mass is 35.5. The summed E-state index contributed by atoms with van der Waals surface area (Å²) in [5.41, 5.74) is 6.35. The fourth-order valence-corrected chi connectivity index (χ4v) is 1.29. The fourth-order valence-electron chi connectivity index (χ4n) is 1.29. The molecule has 0 fully saturated rings. The van der Waals surface area contributed by atoms with E-state index in [-0.39, 0.29) is 18.4 Å². The van der Waals surface area contributed by atoms with Gasteiger partial charge < -0.3 is 15.8 Å². The molecule has 1 atom stereocenters. The zero-order valence-electron chi connectivity index (χ0n) is 9.89. The van der Waals surface area contributed by atoms with Crippen LogP contribution in [0.5, 0.6) is 0 Å². The summed E-state index contributed by atoms with van der Waals surface area (Å²) in [5, 5.41) is 2.71. The molecule has 1 amide bonds. The van der Waals surface area contributed by atoms with Crippen molar-refractivity contribution in [1.29, 1.82) is 0 Å². The molecule has 3 N–H and O–H groups in total. The molecule has 0 aliphatic heterocycles. The van der Waals surface area contributed by atoms with Gasteiger partial charge in [0.05, 0.1) is 0 Å². The number of carbonyl (C=O) groups excluding carboxylic acids is 1. The Kier molecular flexibility index (Phi) is 8.19. The van der Waals surface area contributed by atoms with Crippen LogP contribution in [0.2, 0.25) is 0 Å². The third-order valence-corrected chi connectivity index (χ3v) is 2.18. The second kappa shape index (κ2) is 8.84. The molecule has 0 saturated heterocycles. The van der Waals surface area contributed by atoms with Crippen LogP contribution in [0.3, 0.4) is 0 Å². The van der Waals surface area contributed by atoms with Crippen molar-refractivity contribution in [2.45, 2.75) is 26.0 Å². The first kappa shape index (κ1) is 15.7. The van der Waals surface area contributed by atoms with Crippen molar-refractivity contribution in [1.82, 2.24) is 5.32 Å². The van der Waals surface area contributed by atoms with Crippen molar-refractivity contribution in [3.05, 3.63) is 35.9 Å². The highest BCUT2D eigenvalue weighted by Gasteiger charge is 2.06. The van der Waals surface area contributed by atoms with E-state index in [1.54, 1.807) is 0 Å². The molecule has 0 unspecified atom stereocenters. The summed E-state index contributed by atoms with van der Waals surface area (Å²) in [6.07, 6.45) is 0.352. The predicted octanol–water partition coefficient (Wildman–Crippen LogP) is 2.07. The summed E-state index contributed by atoms with van der Waals surface area (Å²) in [6, 6.07) is 9.62. The number of amides is 1. The number of alkyl carbamates (subject to hydrolysis) is 1. The third kappa shape index (κ3) is 6.81. The van der Waals surface area contributed by atoms with E-state index in [2.05, 4.69) is 5.32 Å². The van der Waals surface area contributed by atoms with Gasteiger partial charge in [-0.3, -0.25) is 0 Å². The van der Waals surface area contributed by atoms with Gasteiger partial charge in [0.15, 0.2) is 0 Å². The highest BCUT2D eigenvalue weighted by molar-refractivity contribution is 5.85. The lowest BCUT2D eigenvalue weighted by molar-refractivity contribution is 0.136. The van der Waals surface area contributed by atoms with Crippen LogP contribution in [0.25, 0.3) is 0 Å². The van der Waals surface area contributed by atoms with Gasteiger partial charge in [-0.2, -0.15) is 0 Å². The van der Waals surface area contributed by atoms with Crippen LogP contribution in [0.1, 0.15) is 18.9 Å². The summed E-state index contributed by atoms with van der Waals surface area (Å²) in [5.74, 6) is 0. The second-order valence-corrected chi connectivity index (χ2v) is 3.68. The zero-order valence-corrected chi connectivity index (χ0v) is 10.7. The molecule has 1 rings (SSSR count). The van der Waals surface area contributed by atoms with Gasteiger partial charge in [-0.05, 0) is 25.5 Å². The topological polar surface area (TPSA) is 64.3 Å². The molecule has 17 heavy (non-hydrogen) atoms. The van der Waals surface area contributed by atoms with Crippen LogP contribution in [-0.4, -0.2) is 18.7 Å². The zero-order chi connectivity index (χ0) is 11.8. The van der Waals surface area contributed by atoms with Crippen molar-refractivity contribution in [3.63, 3.8) is 0 Å². The summed E-state index contributed by atoms with van der Waals surface area (Å²) < 4.78 is 5.05. The molecule has 1 aromatic carbocycles. The van der Waals surface area contributed by atoms with E-state index in [0.717, 1.165) is 12.0 Å². The maximum absolute atomic E-state index is 11.3. The Morgan fingerprint density at radius 2 is 2.06 bits per heavy atom. The van der Waals surface area contributed by atoms with Crippen molar-refractivity contribution in [2.75, 3.05) is 6.54 Å². The van der Waals surface area contributed by atoms with Gasteiger partial charge in [-0.25, -0.2) is 4.79 Å². The van der Waals surface area contributed by atoms with E-state index in [9.17, 15) is 4.79 Å². The predicted molar refractivity (Wildman–Crippen MR) is 70.1 cm³/mol. The molecule has 0 bridgehead atoms. The minimum absolute atomic E-state index is 0. The summed E-state index contributed by atoms with van der Waals surface area (Å²) in [7, 11) is 0. The third-order valence-electron chi connectivity index (χ3n) is 2.18. The molecule has 5 heteroatoms. The first-order valence-corrected chi connectivity index (χ1v) is 5.39. The molecule has 0 aromatic heterocycles. The van der Waals surface area contributed by atoms with Gasteiger partial charge in [0.25, 0.3) is 0 Å². The van der Waals surface area contributed by atoms with E-state index >= 15 is 0 Å². The quantitative estimate of drug-likeness (QED) is 0.850. The first-order chi connectivity index (χ1) is 7.72. The average Bonchev–Trinajstić information content (AvgIpc) is 2.28. The Labute approximate surface area is 108 Å². The van der Waals surface area contributed by atoms with Gasteiger partial charge in [-0.1, -0.05) is 30.3 Å². The lowest BCUT2D eigenvalue weighted by atomic mass is 10.2. The van der Waals surface area contributed by atoms with Crippen molar-refractivity contribution < 1.29 is 9.53 Å². The average molecular weight is 259 g/mol. The molecule has 4 nitrogen and oxygen atoms in total. The molecular formula is C12H19ClN2O2. The Balaban J connectivity index is 0.00000256. The number of nitrogens with two attached hydrogens (primary N) is 1. The molecular weight excluding hydrogens is 240 g/mol. The minimum Gasteiger partial charge on any atom is -0.445 e. The lowest BCUT2D eigenvalue weighted by Crippen LogP contribution is -2.34. The SMILES string of the molecule is C[C@H](CCN)NC(=O)OCc1ccccc1.Cl. The Bertz CT molecular complexity index is 320. The van der Waals surface area contributed by atoms with E-state index in [1.807, 2.05) is 37.3 Å². The molecule has 0 spiro atoms. The molecule has 0 saturated carbocycles. The molecule has 0 aliphatic rings. The number of carbonyl (C=O) groups is 1. The molecule has 1 aromatic rings. The highest BCUT2D eigenvalue weighted by Crippen LogP contribution is 2.00. The summed E-state index contributed by atoms with van der Waals surface area (Å²) in [6.45, 7) is 2.75. The largest absolute Gasteiger partial charge is 0.445 e. The van der Waals surface area contributed by atoms with Crippen LogP contribution in [-0.2, 0) is 11.3 Å². The van der Waals surface area contributed by atoms with Crippen LogP contribution in [0.4, 0.5) is 4.79 Å². The van der Waals surface area contributed by atoms with Gasteiger partial charge in [-0.15, -0.1) is 12.4 Å². The fraction of sp³-hybridized carbons (Fsp3) is 0.417.